The number of nitriles is 1. The van der Waals surface area contributed by atoms with Gasteiger partial charge in [0.2, 0.25) is 0 Å². The van der Waals surface area contributed by atoms with Gasteiger partial charge in [0.1, 0.15) is 30.5 Å². The Hall–Kier alpha value is -3.93. The topological polar surface area (TPSA) is 106 Å². The Morgan fingerprint density at radius 1 is 1.21 bits per heavy atom. The Balaban J connectivity index is 1.67. The molecule has 1 heterocycles. The van der Waals surface area contributed by atoms with E-state index in [0.717, 1.165) is 5.56 Å². The van der Waals surface area contributed by atoms with Crippen LogP contribution in [0.3, 0.4) is 0 Å². The summed E-state index contributed by atoms with van der Waals surface area (Å²) >= 11 is 6.01. The third kappa shape index (κ3) is 6.32. The predicted molar refractivity (Wildman–Crippen MR) is 129 cm³/mol. The lowest BCUT2D eigenvalue weighted by molar-refractivity contribution is -0.121. The first-order valence-corrected chi connectivity index (χ1v) is 10.7. The van der Waals surface area contributed by atoms with Crippen LogP contribution in [0.1, 0.15) is 27.9 Å². The van der Waals surface area contributed by atoms with Crippen molar-refractivity contribution in [2.24, 2.45) is 5.10 Å². The number of carbonyl (C=O) groups excluding carboxylic acids is 1. The fourth-order valence-corrected chi connectivity index (χ4v) is 3.49. The molecule has 2 aromatic carbocycles. The number of nitrogens with one attached hydrogen (secondary N) is 1. The Labute approximate surface area is 202 Å². The molecule has 0 saturated heterocycles. The first kappa shape index (κ1) is 24.7. The van der Waals surface area contributed by atoms with Gasteiger partial charge in [-0.3, -0.25) is 9.59 Å². The summed E-state index contributed by atoms with van der Waals surface area (Å²) in [5, 5.41) is 14.0. The molecule has 0 atom stereocenters. The van der Waals surface area contributed by atoms with Crippen LogP contribution >= 0.6 is 11.6 Å². The molecule has 174 valence electrons. The number of aryl methyl sites for hydroxylation is 1. The highest BCUT2D eigenvalue weighted by Crippen LogP contribution is 2.19. The van der Waals surface area contributed by atoms with Crippen LogP contribution in [0.25, 0.3) is 0 Å². The van der Waals surface area contributed by atoms with Crippen LogP contribution in [0.4, 0.5) is 0 Å². The maximum Gasteiger partial charge on any atom is 0.269 e. The number of hydrogen-bond donors (Lipinski definition) is 1. The largest absolute Gasteiger partial charge is 0.488 e. The van der Waals surface area contributed by atoms with Gasteiger partial charge in [0.15, 0.2) is 0 Å². The molecule has 1 aromatic heterocycles. The minimum Gasteiger partial charge on any atom is -0.488 e. The van der Waals surface area contributed by atoms with E-state index in [1.807, 2.05) is 36.4 Å². The van der Waals surface area contributed by atoms with Crippen molar-refractivity contribution in [3.63, 3.8) is 0 Å². The molecule has 8 nitrogen and oxygen atoms in total. The Bertz CT molecular complexity index is 1310. The second-order valence-electron chi connectivity index (χ2n) is 7.37. The number of nitrogens with zero attached hydrogens (tertiary/aromatic N) is 3. The van der Waals surface area contributed by atoms with Gasteiger partial charge in [-0.05, 0) is 42.8 Å². The van der Waals surface area contributed by atoms with Crippen LogP contribution in [-0.4, -0.2) is 23.8 Å². The maximum absolute atomic E-state index is 12.6. The lowest BCUT2D eigenvalue weighted by Gasteiger charge is -2.12. The van der Waals surface area contributed by atoms with Crippen molar-refractivity contribution in [2.45, 2.75) is 26.7 Å². The van der Waals surface area contributed by atoms with Gasteiger partial charge in [0.05, 0.1) is 12.8 Å². The van der Waals surface area contributed by atoms with Gasteiger partial charge in [-0.15, -0.1) is 0 Å². The first-order chi connectivity index (χ1) is 16.4. The number of para-hydroxylation sites is 1. The molecule has 0 radical (unpaired) electrons. The molecular weight excluding hydrogens is 456 g/mol. The number of aromatic nitrogens is 1. The summed E-state index contributed by atoms with van der Waals surface area (Å²) in [7, 11) is 1.48. The van der Waals surface area contributed by atoms with Gasteiger partial charge in [-0.2, -0.15) is 10.4 Å². The average Bonchev–Trinajstić information content (AvgIpc) is 2.81. The number of ether oxygens (including phenoxy) is 2. The van der Waals surface area contributed by atoms with Gasteiger partial charge in [-0.1, -0.05) is 35.9 Å². The number of methoxy groups -OCH3 is 1. The van der Waals surface area contributed by atoms with Gasteiger partial charge in [0.25, 0.3) is 11.5 Å². The SMILES string of the molecule is COCc1cc(C)n(CC(=O)N/N=C\c2ccccc2OCc2cccc(Cl)c2)c(=O)c1C#N. The standard InChI is InChI=1S/C25H23ClN4O4/c1-17-10-20(16-33-2)22(12-27)25(32)30(17)14-24(31)29-28-13-19-7-3-4-9-23(19)34-15-18-6-5-8-21(26)11-18/h3-11,13H,14-16H2,1-2H3,(H,29,31)/b28-13-. The molecule has 3 aromatic rings. The number of hydrogen-bond acceptors (Lipinski definition) is 6. The molecule has 0 unspecified atom stereocenters. The highest BCUT2D eigenvalue weighted by Gasteiger charge is 2.14. The molecule has 0 fully saturated rings. The smallest absolute Gasteiger partial charge is 0.269 e. The average molecular weight is 479 g/mol. The van der Waals surface area contributed by atoms with E-state index < -0.39 is 11.5 Å². The van der Waals surface area contributed by atoms with Crippen molar-refractivity contribution in [1.29, 1.82) is 5.26 Å². The summed E-state index contributed by atoms with van der Waals surface area (Å²) in [6, 6.07) is 18.2. The molecule has 0 saturated carbocycles. The van der Waals surface area contributed by atoms with Crippen molar-refractivity contribution in [3.8, 4) is 11.8 Å². The number of hydrazone groups is 1. The fourth-order valence-electron chi connectivity index (χ4n) is 3.28. The third-order valence-electron chi connectivity index (χ3n) is 4.90. The van der Waals surface area contributed by atoms with E-state index in [4.69, 9.17) is 21.1 Å². The molecule has 9 heteroatoms. The van der Waals surface area contributed by atoms with Crippen molar-refractivity contribution in [2.75, 3.05) is 7.11 Å². The monoisotopic (exact) mass is 478 g/mol. The summed E-state index contributed by atoms with van der Waals surface area (Å²) in [4.78, 5) is 25.1. The molecular formula is C25H23ClN4O4. The molecule has 34 heavy (non-hydrogen) atoms. The van der Waals surface area contributed by atoms with Crippen molar-refractivity contribution in [3.05, 3.63) is 97.9 Å². The number of pyridine rings is 1. The maximum atomic E-state index is 12.6. The minimum absolute atomic E-state index is 0.0467. The van der Waals surface area contributed by atoms with E-state index in [2.05, 4.69) is 10.5 Å². The van der Waals surface area contributed by atoms with E-state index in [1.165, 1.54) is 17.9 Å². The number of carbonyl (C=O) groups is 1. The highest BCUT2D eigenvalue weighted by atomic mass is 35.5. The van der Waals surface area contributed by atoms with Gasteiger partial charge in [0, 0.05) is 29.0 Å². The quantitative estimate of drug-likeness (QED) is 0.374. The molecule has 3 rings (SSSR count). The zero-order chi connectivity index (χ0) is 24.5. The number of benzene rings is 2. The van der Waals surface area contributed by atoms with Crippen LogP contribution in [0.2, 0.25) is 5.02 Å². The predicted octanol–water partition coefficient (Wildman–Crippen LogP) is 3.56. The minimum atomic E-state index is -0.548. The summed E-state index contributed by atoms with van der Waals surface area (Å²) in [5.41, 5.74) is 4.41. The Morgan fingerprint density at radius 2 is 2.00 bits per heavy atom. The van der Waals surface area contributed by atoms with Crippen molar-refractivity contribution < 1.29 is 14.3 Å². The first-order valence-electron chi connectivity index (χ1n) is 10.3. The molecule has 1 amide bonds. The lowest BCUT2D eigenvalue weighted by Crippen LogP contribution is -2.33. The van der Waals surface area contributed by atoms with Crippen LogP contribution in [0.15, 0.2) is 64.5 Å². The van der Waals surface area contributed by atoms with E-state index >= 15 is 0 Å². The second kappa shape index (κ2) is 11.8. The van der Waals surface area contributed by atoms with Gasteiger partial charge in [-0.25, -0.2) is 5.43 Å². The van der Waals surface area contributed by atoms with Crippen LogP contribution in [0, 0.1) is 18.3 Å². The Kier molecular flexibility index (Phi) is 8.57. The zero-order valence-electron chi connectivity index (χ0n) is 18.7. The summed E-state index contributed by atoms with van der Waals surface area (Å²) in [5.74, 6) is 0.0714. The molecule has 0 aliphatic rings. The number of halogens is 1. The van der Waals surface area contributed by atoms with E-state index in [1.54, 1.807) is 31.2 Å². The summed E-state index contributed by atoms with van der Waals surface area (Å²) in [6.07, 6.45) is 1.46. The number of amides is 1. The summed E-state index contributed by atoms with van der Waals surface area (Å²) < 4.78 is 12.1. The number of rotatable bonds is 9. The zero-order valence-corrected chi connectivity index (χ0v) is 19.5. The Morgan fingerprint density at radius 3 is 2.74 bits per heavy atom. The highest BCUT2D eigenvalue weighted by molar-refractivity contribution is 6.30. The van der Waals surface area contributed by atoms with Gasteiger partial charge >= 0.3 is 0 Å². The fraction of sp³-hybridized carbons (Fsp3) is 0.200. The molecule has 0 aliphatic heterocycles. The van der Waals surface area contributed by atoms with Gasteiger partial charge < -0.3 is 14.0 Å². The molecule has 0 aliphatic carbocycles. The van der Waals surface area contributed by atoms with Crippen molar-refractivity contribution in [1.82, 2.24) is 9.99 Å². The second-order valence-corrected chi connectivity index (χ2v) is 7.81. The van der Waals surface area contributed by atoms with Crippen molar-refractivity contribution >= 4 is 23.7 Å². The van der Waals surface area contributed by atoms with Crippen LogP contribution in [-0.2, 0) is 29.3 Å². The third-order valence-corrected chi connectivity index (χ3v) is 5.13. The lowest BCUT2D eigenvalue weighted by atomic mass is 10.1. The molecule has 1 N–H and O–H groups in total. The summed E-state index contributed by atoms with van der Waals surface area (Å²) in [6.45, 7) is 1.86. The molecule has 0 bridgehead atoms. The van der Waals surface area contributed by atoms with Crippen LogP contribution < -0.4 is 15.7 Å². The normalized spacial score (nSPS) is 10.8. The molecule has 0 spiro atoms. The van der Waals surface area contributed by atoms with E-state index in [-0.39, 0.29) is 18.7 Å². The van der Waals surface area contributed by atoms with E-state index in [0.29, 0.717) is 34.2 Å². The van der Waals surface area contributed by atoms with Crippen LogP contribution in [0.5, 0.6) is 5.75 Å². The van der Waals surface area contributed by atoms with E-state index in [9.17, 15) is 14.9 Å².